The summed E-state index contributed by atoms with van der Waals surface area (Å²) < 4.78 is 0. The zero-order chi connectivity index (χ0) is 19.6. The van der Waals surface area contributed by atoms with E-state index in [1.807, 2.05) is 0 Å². The maximum atomic E-state index is 4.45. The molecular formula is C27H44. The van der Waals surface area contributed by atoms with Gasteiger partial charge in [-0.15, -0.1) is 0 Å². The number of allylic oxidation sites excluding steroid dienone is 5. The van der Waals surface area contributed by atoms with Crippen LogP contribution in [-0.2, 0) is 0 Å². The average Bonchev–Trinajstić information content (AvgIpc) is 2.69. The maximum absolute atomic E-state index is 4.45. The smallest absolute Gasteiger partial charge is 0.0169 e. The summed E-state index contributed by atoms with van der Waals surface area (Å²) in [6.07, 6.45) is 18.4. The van der Waals surface area contributed by atoms with Gasteiger partial charge in [0.15, 0.2) is 0 Å². The van der Waals surface area contributed by atoms with Crippen LogP contribution in [0.2, 0.25) is 0 Å². The predicted octanol–water partition coefficient (Wildman–Crippen LogP) is 8.22. The lowest BCUT2D eigenvalue weighted by Crippen LogP contribution is -2.50. The zero-order valence-electron chi connectivity index (χ0n) is 18.7. The first-order valence-electron chi connectivity index (χ1n) is 12.0. The lowest BCUT2D eigenvalue weighted by Gasteiger charge is -2.58. The number of fused-ring (bicyclic) bond motifs is 3. The summed E-state index contributed by atoms with van der Waals surface area (Å²) in [7, 11) is 0. The monoisotopic (exact) mass is 368 g/mol. The third kappa shape index (κ3) is 4.01. The van der Waals surface area contributed by atoms with Crippen LogP contribution in [-0.4, -0.2) is 0 Å². The molecule has 0 aromatic carbocycles. The van der Waals surface area contributed by atoms with Crippen molar-refractivity contribution < 1.29 is 0 Å². The van der Waals surface area contributed by atoms with E-state index in [9.17, 15) is 0 Å². The third-order valence-electron chi connectivity index (χ3n) is 8.87. The van der Waals surface area contributed by atoms with Gasteiger partial charge in [-0.1, -0.05) is 75.5 Å². The molecule has 152 valence electrons. The van der Waals surface area contributed by atoms with Crippen molar-refractivity contribution in [1.82, 2.24) is 0 Å². The molecule has 0 nitrogen and oxygen atoms in total. The SMILES string of the molecule is C=C(C)C1CC2C3CCCCC3C(/C(C)=C/C=C\C)CC2C(CC)C1CC. The normalized spacial score (nSPS) is 42.6. The number of hydrogen-bond donors (Lipinski definition) is 0. The van der Waals surface area contributed by atoms with Gasteiger partial charge in [-0.3, -0.25) is 0 Å². The van der Waals surface area contributed by atoms with Crippen molar-refractivity contribution in [2.24, 2.45) is 47.3 Å². The van der Waals surface area contributed by atoms with E-state index >= 15 is 0 Å². The van der Waals surface area contributed by atoms with Gasteiger partial charge in [0.1, 0.15) is 0 Å². The molecule has 3 aliphatic carbocycles. The van der Waals surface area contributed by atoms with E-state index in [1.54, 1.807) is 5.57 Å². The fourth-order valence-corrected chi connectivity index (χ4v) is 7.76. The summed E-state index contributed by atoms with van der Waals surface area (Å²) in [5.74, 6) is 7.24. The van der Waals surface area contributed by atoms with Crippen molar-refractivity contribution in [1.29, 1.82) is 0 Å². The molecule has 27 heavy (non-hydrogen) atoms. The molecule has 0 radical (unpaired) electrons. The van der Waals surface area contributed by atoms with Crippen LogP contribution in [0.15, 0.2) is 36.0 Å². The van der Waals surface area contributed by atoms with Gasteiger partial charge in [-0.2, -0.15) is 0 Å². The second kappa shape index (κ2) is 9.15. The average molecular weight is 369 g/mol. The van der Waals surface area contributed by atoms with Gasteiger partial charge in [-0.05, 0) is 93.8 Å². The minimum absolute atomic E-state index is 0.778. The topological polar surface area (TPSA) is 0 Å². The van der Waals surface area contributed by atoms with E-state index in [1.165, 1.54) is 56.9 Å². The van der Waals surface area contributed by atoms with Gasteiger partial charge in [0, 0.05) is 0 Å². The molecule has 0 heteroatoms. The largest absolute Gasteiger partial charge is 0.0999 e. The molecule has 8 atom stereocenters. The van der Waals surface area contributed by atoms with Crippen LogP contribution in [0.25, 0.3) is 0 Å². The number of rotatable bonds is 5. The Morgan fingerprint density at radius 2 is 1.48 bits per heavy atom. The van der Waals surface area contributed by atoms with Crippen molar-refractivity contribution >= 4 is 0 Å². The van der Waals surface area contributed by atoms with Crippen LogP contribution in [0.3, 0.4) is 0 Å². The molecular weight excluding hydrogens is 324 g/mol. The first-order chi connectivity index (χ1) is 13.0. The first-order valence-corrected chi connectivity index (χ1v) is 12.0. The molecule has 3 rings (SSSR count). The Morgan fingerprint density at radius 1 is 0.852 bits per heavy atom. The molecule has 0 saturated heterocycles. The van der Waals surface area contributed by atoms with Crippen LogP contribution in [0.4, 0.5) is 0 Å². The van der Waals surface area contributed by atoms with Crippen molar-refractivity contribution in [3.8, 4) is 0 Å². The standard InChI is InChI=1S/C27H44/c1-7-10-13-19(6)25-17-26-21(9-3)20(8-2)24(18(4)5)16-27(26)23-15-12-11-14-22(23)25/h7,10,13,20-27H,4,8-9,11-12,14-17H2,1-3,5-6H3/b10-7-,19-13+. The molecule has 0 N–H and O–H groups in total. The summed E-state index contributed by atoms with van der Waals surface area (Å²) in [5, 5.41) is 0. The summed E-state index contributed by atoms with van der Waals surface area (Å²) >= 11 is 0. The molecule has 0 aromatic heterocycles. The Balaban J connectivity index is 1.95. The zero-order valence-corrected chi connectivity index (χ0v) is 18.7. The Kier molecular flexibility index (Phi) is 7.09. The first kappa shape index (κ1) is 20.9. The summed E-state index contributed by atoms with van der Waals surface area (Å²) in [6, 6.07) is 0. The molecule has 3 aliphatic rings. The van der Waals surface area contributed by atoms with Gasteiger partial charge >= 0.3 is 0 Å². The molecule has 3 saturated carbocycles. The minimum atomic E-state index is 0.778. The van der Waals surface area contributed by atoms with E-state index in [-0.39, 0.29) is 0 Å². The fourth-order valence-electron chi connectivity index (χ4n) is 7.76. The highest BCUT2D eigenvalue weighted by atomic mass is 14.6. The van der Waals surface area contributed by atoms with E-state index in [4.69, 9.17) is 0 Å². The van der Waals surface area contributed by atoms with Crippen molar-refractivity contribution in [3.63, 3.8) is 0 Å². The van der Waals surface area contributed by atoms with Crippen LogP contribution in [0.5, 0.6) is 0 Å². The molecule has 0 amide bonds. The quantitative estimate of drug-likeness (QED) is 0.339. The van der Waals surface area contributed by atoms with Crippen molar-refractivity contribution in [2.45, 2.75) is 86.0 Å². The third-order valence-corrected chi connectivity index (χ3v) is 8.87. The molecule has 3 fully saturated rings. The van der Waals surface area contributed by atoms with Crippen LogP contribution in [0.1, 0.15) is 86.0 Å². The van der Waals surface area contributed by atoms with Gasteiger partial charge in [0.2, 0.25) is 0 Å². The van der Waals surface area contributed by atoms with Crippen molar-refractivity contribution in [2.75, 3.05) is 0 Å². The summed E-state index contributed by atoms with van der Waals surface area (Å²) in [5.41, 5.74) is 3.13. The molecule has 0 bridgehead atoms. The molecule has 8 unspecified atom stereocenters. The van der Waals surface area contributed by atoms with E-state index < -0.39 is 0 Å². The Bertz CT molecular complexity index is 565. The van der Waals surface area contributed by atoms with Gasteiger partial charge in [0.05, 0.1) is 0 Å². The minimum Gasteiger partial charge on any atom is -0.0999 e. The predicted molar refractivity (Wildman–Crippen MR) is 120 cm³/mol. The second-order valence-electron chi connectivity index (χ2n) is 10.1. The van der Waals surface area contributed by atoms with E-state index in [2.05, 4.69) is 59.4 Å². The van der Waals surface area contributed by atoms with Gasteiger partial charge in [0.25, 0.3) is 0 Å². The van der Waals surface area contributed by atoms with E-state index in [0.29, 0.717) is 0 Å². The highest BCUT2D eigenvalue weighted by Crippen LogP contribution is 2.60. The molecule has 0 aromatic rings. The maximum Gasteiger partial charge on any atom is -0.0169 e. The second-order valence-corrected chi connectivity index (χ2v) is 10.1. The molecule has 0 spiro atoms. The van der Waals surface area contributed by atoms with E-state index in [0.717, 1.165) is 47.3 Å². The van der Waals surface area contributed by atoms with Gasteiger partial charge in [-0.25, -0.2) is 0 Å². The van der Waals surface area contributed by atoms with Crippen LogP contribution >= 0.6 is 0 Å². The molecule has 0 heterocycles. The lowest BCUT2D eigenvalue weighted by atomic mass is 9.47. The molecule has 0 aliphatic heterocycles. The van der Waals surface area contributed by atoms with Crippen LogP contribution in [0, 0.1) is 47.3 Å². The summed E-state index contributed by atoms with van der Waals surface area (Å²) in [6.45, 7) is 16.2. The fraction of sp³-hybridized carbons (Fsp3) is 0.778. The Hall–Kier alpha value is -0.780. The highest BCUT2D eigenvalue weighted by molar-refractivity contribution is 5.18. The highest BCUT2D eigenvalue weighted by Gasteiger charge is 2.52. The Labute approximate surface area is 169 Å². The lowest BCUT2D eigenvalue weighted by molar-refractivity contribution is -0.0679. The van der Waals surface area contributed by atoms with Crippen molar-refractivity contribution in [3.05, 3.63) is 36.0 Å². The van der Waals surface area contributed by atoms with Crippen LogP contribution < -0.4 is 0 Å². The van der Waals surface area contributed by atoms with Gasteiger partial charge < -0.3 is 0 Å². The summed E-state index contributed by atoms with van der Waals surface area (Å²) in [4.78, 5) is 0. The number of hydrogen-bond acceptors (Lipinski definition) is 0. The Morgan fingerprint density at radius 3 is 2.07 bits per heavy atom.